The highest BCUT2D eigenvalue weighted by Crippen LogP contribution is 2.59. The number of phosphoric acid groups is 2. The summed E-state index contributed by atoms with van der Waals surface area (Å²) in [4.78, 5) is 30.9. The zero-order chi connectivity index (χ0) is 21.9. The molecule has 0 aromatic carbocycles. The van der Waals surface area contributed by atoms with E-state index in [9.17, 15) is 27.3 Å². The lowest BCUT2D eigenvalue weighted by Gasteiger charge is -2.19. The summed E-state index contributed by atoms with van der Waals surface area (Å²) in [6.45, 7) is -0.839. The van der Waals surface area contributed by atoms with Gasteiger partial charge in [0, 0.05) is 0 Å². The van der Waals surface area contributed by atoms with E-state index in [2.05, 4.69) is 23.4 Å². The van der Waals surface area contributed by atoms with Crippen LogP contribution in [-0.2, 0) is 41.8 Å². The molecular weight excluding hydrogens is 476 g/mol. The van der Waals surface area contributed by atoms with Gasteiger partial charge in [-0.3, -0.25) is 22.7 Å². The van der Waals surface area contributed by atoms with Crippen LogP contribution in [0, 0.1) is 0 Å². The third-order valence-corrected chi connectivity index (χ3v) is 7.05. The Morgan fingerprint density at radius 2 is 2.00 bits per heavy atom. The molecule has 2 saturated heterocycles. The monoisotopic (exact) mass is 489 g/mol. The second kappa shape index (κ2) is 7.25. The van der Waals surface area contributed by atoms with Crippen molar-refractivity contribution in [1.82, 2.24) is 19.5 Å². The minimum Gasteiger partial charge on any atom is -0.382 e. The summed E-state index contributed by atoms with van der Waals surface area (Å²) in [5, 5.41) is 0. The van der Waals surface area contributed by atoms with Crippen LogP contribution >= 0.6 is 15.6 Å². The van der Waals surface area contributed by atoms with Crippen LogP contribution in [0.4, 0.5) is 5.82 Å². The molecule has 6 atom stereocenters. The SMILES string of the molecule is Nc1ncnc2c1ncn2[C@@H]1O[C@H](COP(=O)(O)OS(=O)(=O)O)[C@H]2OP(=O)(O)O[C@H]21. The Kier molecular flexibility index (Phi) is 5.23. The van der Waals surface area contributed by atoms with E-state index in [1.807, 2.05) is 0 Å². The molecule has 166 valence electrons. The van der Waals surface area contributed by atoms with Crippen molar-refractivity contribution in [1.29, 1.82) is 0 Å². The highest BCUT2D eigenvalue weighted by atomic mass is 32.3. The fourth-order valence-corrected chi connectivity index (χ4v) is 5.61. The van der Waals surface area contributed by atoms with Crippen molar-refractivity contribution in [3.63, 3.8) is 0 Å². The quantitative estimate of drug-likeness (QED) is 0.284. The number of ether oxygens (including phenoxy) is 1. The van der Waals surface area contributed by atoms with Crippen LogP contribution in [0.15, 0.2) is 12.7 Å². The predicted molar refractivity (Wildman–Crippen MR) is 91.6 cm³/mol. The van der Waals surface area contributed by atoms with Gasteiger partial charge in [-0.2, -0.15) is 8.42 Å². The number of nitrogen functional groups attached to an aromatic ring is 1. The Labute approximate surface area is 166 Å². The number of fused-ring (bicyclic) bond motifs is 2. The lowest BCUT2D eigenvalue weighted by molar-refractivity contribution is -0.0578. The molecule has 0 saturated carbocycles. The second-order valence-electron chi connectivity index (χ2n) is 6.02. The van der Waals surface area contributed by atoms with Crippen molar-refractivity contribution in [3.05, 3.63) is 12.7 Å². The molecule has 2 aromatic rings. The summed E-state index contributed by atoms with van der Waals surface area (Å²) in [5.41, 5.74) is 6.13. The number of hydrogen-bond donors (Lipinski definition) is 4. The van der Waals surface area contributed by atoms with Crippen molar-refractivity contribution in [2.45, 2.75) is 24.5 Å². The molecule has 2 aromatic heterocycles. The van der Waals surface area contributed by atoms with Gasteiger partial charge in [-0.1, -0.05) is 0 Å². The Balaban J connectivity index is 1.60. The van der Waals surface area contributed by atoms with E-state index in [0.717, 1.165) is 6.33 Å². The van der Waals surface area contributed by atoms with Crippen LogP contribution in [0.25, 0.3) is 11.2 Å². The minimum absolute atomic E-state index is 0.0631. The average Bonchev–Trinajstić information content (AvgIpc) is 3.22. The van der Waals surface area contributed by atoms with Gasteiger partial charge in [0.1, 0.15) is 30.2 Å². The maximum atomic E-state index is 11.9. The first-order chi connectivity index (χ1) is 13.9. The maximum absolute atomic E-state index is 11.9. The molecule has 0 bridgehead atoms. The van der Waals surface area contributed by atoms with Crippen LogP contribution in [0.5, 0.6) is 0 Å². The Morgan fingerprint density at radius 1 is 1.30 bits per heavy atom. The number of aromatic nitrogens is 4. The lowest BCUT2D eigenvalue weighted by Crippen LogP contribution is -2.31. The highest BCUT2D eigenvalue weighted by Gasteiger charge is 2.58. The van der Waals surface area contributed by atoms with Crippen LogP contribution in [0.1, 0.15) is 6.23 Å². The largest absolute Gasteiger partial charge is 0.488 e. The van der Waals surface area contributed by atoms with E-state index in [1.54, 1.807) is 0 Å². The summed E-state index contributed by atoms with van der Waals surface area (Å²) >= 11 is 0. The van der Waals surface area contributed by atoms with E-state index in [0.29, 0.717) is 0 Å². The molecule has 0 aliphatic carbocycles. The second-order valence-corrected chi connectivity index (χ2v) is 10.0. The van der Waals surface area contributed by atoms with Gasteiger partial charge in [0.2, 0.25) is 0 Å². The molecule has 17 nitrogen and oxygen atoms in total. The fourth-order valence-electron chi connectivity index (χ4n) is 3.00. The molecule has 30 heavy (non-hydrogen) atoms. The van der Waals surface area contributed by atoms with Gasteiger partial charge < -0.3 is 20.3 Å². The van der Waals surface area contributed by atoms with Crippen molar-refractivity contribution >= 4 is 43.0 Å². The summed E-state index contributed by atoms with van der Waals surface area (Å²) in [5.74, 6) is 0.0631. The third kappa shape index (κ3) is 4.25. The summed E-state index contributed by atoms with van der Waals surface area (Å²) < 4.78 is 78.2. The van der Waals surface area contributed by atoms with Gasteiger partial charge in [-0.15, -0.1) is 3.97 Å². The summed E-state index contributed by atoms with van der Waals surface area (Å²) in [6.07, 6.45) is -2.53. The molecule has 2 unspecified atom stereocenters. The first-order valence-corrected chi connectivity index (χ1v) is 12.1. The van der Waals surface area contributed by atoms with Crippen LogP contribution < -0.4 is 5.73 Å². The first kappa shape index (κ1) is 21.7. The Hall–Kier alpha value is -1.56. The smallest absolute Gasteiger partial charge is 0.382 e. The van der Waals surface area contributed by atoms with Crippen molar-refractivity contribution in [2.75, 3.05) is 12.3 Å². The predicted octanol–water partition coefficient (Wildman–Crippen LogP) is -0.873. The van der Waals surface area contributed by atoms with Gasteiger partial charge in [0.15, 0.2) is 17.7 Å². The van der Waals surface area contributed by atoms with E-state index in [-0.39, 0.29) is 17.0 Å². The number of nitrogens with two attached hydrogens (primary N) is 1. The highest BCUT2D eigenvalue weighted by molar-refractivity contribution is 7.85. The van der Waals surface area contributed by atoms with E-state index in [4.69, 9.17) is 24.1 Å². The van der Waals surface area contributed by atoms with Gasteiger partial charge in [0.05, 0.1) is 12.9 Å². The van der Waals surface area contributed by atoms with Gasteiger partial charge in [-0.05, 0) is 0 Å². The van der Waals surface area contributed by atoms with Crippen LogP contribution in [0.3, 0.4) is 0 Å². The van der Waals surface area contributed by atoms with E-state index in [1.165, 1.54) is 10.9 Å². The molecular formula is C10H13N5O12P2S. The Bertz CT molecular complexity index is 1190. The molecule has 2 fully saturated rings. The normalized spacial score (nSPS) is 33.6. The molecule has 2 aliphatic rings. The zero-order valence-electron chi connectivity index (χ0n) is 14.4. The average molecular weight is 489 g/mol. The number of nitrogens with zero attached hydrogens (tertiary/aromatic N) is 4. The molecule has 0 spiro atoms. The summed E-state index contributed by atoms with van der Waals surface area (Å²) in [7, 11) is -15.0. The van der Waals surface area contributed by atoms with Crippen molar-refractivity contribution in [3.8, 4) is 0 Å². The fraction of sp³-hybridized carbons (Fsp3) is 0.500. The van der Waals surface area contributed by atoms with Crippen LogP contribution in [-0.4, -0.2) is 67.2 Å². The van der Waals surface area contributed by atoms with Gasteiger partial charge in [0.25, 0.3) is 0 Å². The molecule has 4 heterocycles. The standard InChI is InChI=1S/C10H13N5O12P2S/c11-8-5-9(13-2-12-8)15(3-14-5)10-7-6(25-29(18,19)26-7)4(24-10)1-23-28(16,17)27-30(20,21)22/h2-4,6-7,10H,1H2,(H,16,17)(H,18,19)(H2,11,12,13)(H,20,21,22)/t4-,6-,7-,10-/m1/s1. The molecule has 2 aliphatic heterocycles. The third-order valence-electron chi connectivity index (χ3n) is 4.05. The summed E-state index contributed by atoms with van der Waals surface area (Å²) in [6, 6.07) is 0. The zero-order valence-corrected chi connectivity index (χ0v) is 17.0. The molecule has 0 amide bonds. The maximum Gasteiger partial charge on any atom is 0.488 e. The Morgan fingerprint density at radius 3 is 2.70 bits per heavy atom. The number of hydrogen-bond acceptors (Lipinski definition) is 13. The number of imidazole rings is 1. The van der Waals surface area contributed by atoms with Gasteiger partial charge in [-0.25, -0.2) is 24.1 Å². The van der Waals surface area contributed by atoms with E-state index >= 15 is 0 Å². The molecule has 20 heteroatoms. The number of phosphoric ester groups is 2. The molecule has 4 rings (SSSR count). The molecule has 5 N–H and O–H groups in total. The van der Waals surface area contributed by atoms with E-state index < -0.39 is 57.2 Å². The minimum atomic E-state index is -5.30. The van der Waals surface area contributed by atoms with Crippen molar-refractivity contribution in [2.24, 2.45) is 0 Å². The first-order valence-electron chi connectivity index (χ1n) is 7.79. The molecule has 0 radical (unpaired) electrons. The number of anilines is 1. The van der Waals surface area contributed by atoms with Gasteiger partial charge >= 0.3 is 26.0 Å². The lowest BCUT2D eigenvalue weighted by atomic mass is 10.1. The topological polar surface area (TPSA) is 245 Å². The van der Waals surface area contributed by atoms with Crippen LogP contribution in [0.2, 0.25) is 0 Å². The number of rotatable bonds is 6. The van der Waals surface area contributed by atoms with Crippen molar-refractivity contribution < 1.29 is 54.2 Å².